The molecular weight excluding hydrogens is 470 g/mol. The predicted octanol–water partition coefficient (Wildman–Crippen LogP) is 7.13. The third-order valence-corrected chi connectivity index (χ3v) is 6.83. The Balaban J connectivity index is 0.000000623. The van der Waals surface area contributed by atoms with Crippen LogP contribution in [-0.4, -0.2) is 43.4 Å². The van der Waals surface area contributed by atoms with Crippen molar-refractivity contribution < 1.29 is 14.6 Å². The lowest BCUT2D eigenvalue weighted by Gasteiger charge is -2.22. The van der Waals surface area contributed by atoms with Crippen LogP contribution >= 0.6 is 10.5 Å². The predicted molar refractivity (Wildman–Crippen MR) is 156 cm³/mol. The molecule has 0 aliphatic heterocycles. The fourth-order valence-corrected chi connectivity index (χ4v) is 4.13. The molecule has 0 aliphatic rings. The molecule has 0 fully saturated rings. The third-order valence-electron chi connectivity index (χ3n) is 5.03. The van der Waals surface area contributed by atoms with Gasteiger partial charge in [-0.1, -0.05) is 52.6 Å². The maximum atomic E-state index is 11.6. The first kappa shape index (κ1) is 30.8. The van der Waals surface area contributed by atoms with E-state index in [2.05, 4.69) is 43.1 Å². The molecule has 0 aliphatic carbocycles. The number of phenolic OH excluding ortho intramolecular Hbond substituents is 1. The summed E-state index contributed by atoms with van der Waals surface area (Å²) < 4.78 is 5.23. The van der Waals surface area contributed by atoms with Crippen molar-refractivity contribution in [3.8, 4) is 17.2 Å². The first-order valence-electron chi connectivity index (χ1n) is 12.0. The van der Waals surface area contributed by atoms with Gasteiger partial charge in [-0.25, -0.2) is 4.79 Å². The Labute approximate surface area is 218 Å². The molecule has 6 nitrogen and oxygen atoms in total. The number of benzene rings is 2. The number of rotatable bonds is 6. The lowest BCUT2D eigenvalue weighted by Crippen LogP contribution is -2.13. The molecule has 1 atom stereocenters. The molecular formula is C29H41N3O3S. The van der Waals surface area contributed by atoms with Crippen molar-refractivity contribution in [1.82, 2.24) is 15.0 Å². The van der Waals surface area contributed by atoms with E-state index in [1.165, 1.54) is 28.8 Å². The van der Waals surface area contributed by atoms with Gasteiger partial charge in [-0.3, -0.25) is 0 Å². The number of aromatic nitrogens is 3. The molecule has 196 valence electrons. The van der Waals surface area contributed by atoms with Crippen molar-refractivity contribution in [2.45, 2.75) is 60.3 Å². The highest BCUT2D eigenvalue weighted by molar-refractivity contribution is 8.14. The molecule has 3 aromatic rings. The minimum Gasteiger partial charge on any atom is -0.505 e. The average Bonchev–Trinajstić information content (AvgIpc) is 3.25. The zero-order chi connectivity index (χ0) is 27.5. The van der Waals surface area contributed by atoms with Crippen LogP contribution in [0.3, 0.4) is 0 Å². The van der Waals surface area contributed by atoms with E-state index in [0.29, 0.717) is 33.0 Å². The smallest absolute Gasteiger partial charge is 0.335 e. The number of allylic oxidation sites excluding steroid dienone is 1. The van der Waals surface area contributed by atoms with Gasteiger partial charge in [0.05, 0.1) is 0 Å². The minimum absolute atomic E-state index is 0.160. The summed E-state index contributed by atoms with van der Waals surface area (Å²) in [5, 5.41) is 19.7. The molecule has 2 aromatic carbocycles. The Hall–Kier alpha value is -3.19. The molecule has 0 amide bonds. The highest BCUT2D eigenvalue weighted by Crippen LogP contribution is 2.36. The van der Waals surface area contributed by atoms with Crippen molar-refractivity contribution >= 4 is 33.4 Å². The van der Waals surface area contributed by atoms with Gasteiger partial charge in [-0.2, -0.15) is 10.5 Å². The Bertz CT molecular complexity index is 1210. The number of carbonyl (C=O) groups is 1. The van der Waals surface area contributed by atoms with Gasteiger partial charge >= 0.3 is 5.97 Å². The fourth-order valence-electron chi connectivity index (χ4n) is 3.27. The monoisotopic (exact) mass is 511 g/mol. The molecule has 0 saturated carbocycles. The van der Waals surface area contributed by atoms with Gasteiger partial charge in [0.2, 0.25) is 0 Å². The van der Waals surface area contributed by atoms with Crippen molar-refractivity contribution in [3.05, 3.63) is 66.8 Å². The maximum Gasteiger partial charge on any atom is 0.335 e. The molecule has 1 N–H and O–H groups in total. The first-order chi connectivity index (χ1) is 17.0. The van der Waals surface area contributed by atoms with E-state index in [0.717, 1.165) is 11.1 Å². The van der Waals surface area contributed by atoms with Crippen LogP contribution in [0.15, 0.2) is 55.6 Å². The lowest BCUT2D eigenvalue weighted by molar-refractivity contribution is -0.128. The van der Waals surface area contributed by atoms with E-state index in [1.54, 1.807) is 31.2 Å². The number of esters is 1. The molecule has 7 heteroatoms. The van der Waals surface area contributed by atoms with Crippen LogP contribution in [0, 0.1) is 6.92 Å². The highest BCUT2D eigenvalue weighted by atomic mass is 32.2. The van der Waals surface area contributed by atoms with Crippen molar-refractivity contribution in [2.24, 2.45) is 0 Å². The standard InChI is InChI=1S/C21H23N3O3.C6H14S.C2H4/c1-6-7-19(25)27-14-8-9-16-17(12-14)23-24(22-16)18-11-13(2)10-15(20(18)26)21(3,4)5;1-4-6-7(3)5-2;1-2/h6-12,26H,1-5H3;3-6H2,1-2H3;1-2H2/b7-6+;;. The number of ether oxygens (including phenoxy) is 1. The molecule has 1 aromatic heterocycles. The Morgan fingerprint density at radius 3 is 2.31 bits per heavy atom. The number of hydrogen-bond acceptors (Lipinski definition) is 5. The normalized spacial score (nSPS) is 11.9. The van der Waals surface area contributed by atoms with E-state index in [-0.39, 0.29) is 11.2 Å². The number of aromatic hydroxyl groups is 1. The number of hydrogen-bond donors (Lipinski definition) is 1. The van der Waals surface area contributed by atoms with Crippen LogP contribution < -0.4 is 4.74 Å². The van der Waals surface area contributed by atoms with Gasteiger partial charge in [0.15, 0.2) is 0 Å². The molecule has 0 saturated heterocycles. The molecule has 1 unspecified atom stereocenters. The third kappa shape index (κ3) is 8.79. The quantitative estimate of drug-likeness (QED) is 0.125. The lowest BCUT2D eigenvalue weighted by atomic mass is 9.85. The van der Waals surface area contributed by atoms with Crippen molar-refractivity contribution in [1.29, 1.82) is 0 Å². The maximum absolute atomic E-state index is 11.6. The zero-order valence-corrected chi connectivity index (χ0v) is 23.6. The second-order valence-corrected chi connectivity index (χ2v) is 11.3. The molecule has 36 heavy (non-hydrogen) atoms. The van der Waals surface area contributed by atoms with Crippen LogP contribution in [0.4, 0.5) is 0 Å². The molecule has 0 bridgehead atoms. The number of fused-ring (bicyclic) bond motifs is 1. The van der Waals surface area contributed by atoms with Crippen LogP contribution in [0.25, 0.3) is 16.7 Å². The SMILES string of the molecule is C/C=C/C(=O)Oc1ccc2nn(-c3cc(C)cc(C(C)(C)C)c3O)nc2c1.C=C.C=S(CC)CCC. The van der Waals surface area contributed by atoms with Gasteiger partial charge in [0.25, 0.3) is 0 Å². The van der Waals surface area contributed by atoms with E-state index in [4.69, 9.17) is 4.74 Å². The number of nitrogens with zero attached hydrogens (tertiary/aromatic N) is 3. The van der Waals surface area contributed by atoms with Crippen LogP contribution in [0.1, 0.15) is 59.1 Å². The van der Waals surface area contributed by atoms with Crippen LogP contribution in [0.5, 0.6) is 11.5 Å². The van der Waals surface area contributed by atoms with Crippen LogP contribution in [0.2, 0.25) is 0 Å². The van der Waals surface area contributed by atoms with E-state index >= 15 is 0 Å². The van der Waals surface area contributed by atoms with Gasteiger partial charge in [-0.05, 0) is 61.0 Å². The van der Waals surface area contributed by atoms with E-state index in [1.807, 2.05) is 39.8 Å². The van der Waals surface area contributed by atoms with Gasteiger partial charge in [-0.15, -0.1) is 28.2 Å². The summed E-state index contributed by atoms with van der Waals surface area (Å²) in [7, 11) is 0.473. The topological polar surface area (TPSA) is 77.2 Å². The number of phenols is 1. The summed E-state index contributed by atoms with van der Waals surface area (Å²) in [6, 6.07) is 8.86. The summed E-state index contributed by atoms with van der Waals surface area (Å²) >= 11 is 0. The minimum atomic E-state index is -0.449. The van der Waals surface area contributed by atoms with Crippen molar-refractivity contribution in [3.63, 3.8) is 0 Å². The van der Waals surface area contributed by atoms with Gasteiger partial charge in [0.1, 0.15) is 28.2 Å². The summed E-state index contributed by atoms with van der Waals surface area (Å²) in [4.78, 5) is 13.0. The molecule has 0 radical (unpaired) electrons. The second-order valence-electron chi connectivity index (χ2n) is 9.10. The Morgan fingerprint density at radius 2 is 1.78 bits per heavy atom. The molecule has 1 heterocycles. The van der Waals surface area contributed by atoms with Gasteiger partial charge < -0.3 is 9.84 Å². The Kier molecular flexibility index (Phi) is 12.3. The van der Waals surface area contributed by atoms with Gasteiger partial charge in [0, 0.05) is 17.7 Å². The fraction of sp³-hybridized carbons (Fsp3) is 0.379. The number of aryl methyl sites for hydroxylation is 1. The summed E-state index contributed by atoms with van der Waals surface area (Å²) in [6.45, 7) is 20.3. The zero-order valence-electron chi connectivity index (χ0n) is 22.8. The van der Waals surface area contributed by atoms with Crippen LogP contribution in [-0.2, 0) is 10.2 Å². The average molecular weight is 512 g/mol. The summed E-state index contributed by atoms with van der Waals surface area (Å²) in [5.74, 6) is 6.65. The summed E-state index contributed by atoms with van der Waals surface area (Å²) in [6.07, 6.45) is 4.25. The first-order valence-corrected chi connectivity index (χ1v) is 13.8. The van der Waals surface area contributed by atoms with Crippen molar-refractivity contribution in [2.75, 3.05) is 11.5 Å². The summed E-state index contributed by atoms with van der Waals surface area (Å²) in [5.41, 5.74) is 3.35. The van der Waals surface area contributed by atoms with E-state index in [9.17, 15) is 9.90 Å². The highest BCUT2D eigenvalue weighted by Gasteiger charge is 2.22. The molecule has 0 spiro atoms. The number of carbonyl (C=O) groups excluding carboxylic acids is 1. The van der Waals surface area contributed by atoms with E-state index < -0.39 is 5.97 Å². The second kappa shape index (κ2) is 14.4. The Morgan fingerprint density at radius 1 is 1.14 bits per heavy atom. The largest absolute Gasteiger partial charge is 0.505 e. The molecule has 3 rings (SSSR count).